The van der Waals surface area contributed by atoms with Gasteiger partial charge in [-0.05, 0) is 45.4 Å². The second-order valence-corrected chi connectivity index (χ2v) is 8.02. The molecule has 0 spiro atoms. The van der Waals surface area contributed by atoms with E-state index < -0.39 is 10.0 Å². The van der Waals surface area contributed by atoms with E-state index in [4.69, 9.17) is 4.74 Å². The number of hydrogen-bond acceptors (Lipinski definition) is 4. The van der Waals surface area contributed by atoms with Gasteiger partial charge in [-0.2, -0.15) is 0 Å². The van der Waals surface area contributed by atoms with Gasteiger partial charge in [0.1, 0.15) is 0 Å². The van der Waals surface area contributed by atoms with Crippen molar-refractivity contribution in [3.8, 4) is 0 Å². The summed E-state index contributed by atoms with van der Waals surface area (Å²) in [6, 6.07) is 0.544. The average Bonchev–Trinajstić information content (AvgIpc) is 3.20. The molecule has 0 aromatic heterocycles. The minimum atomic E-state index is -3.23. The Morgan fingerprint density at radius 2 is 1.79 bits per heavy atom. The highest BCUT2D eigenvalue weighted by Crippen LogP contribution is 2.20. The first-order valence-corrected chi connectivity index (χ1v) is 8.86. The zero-order chi connectivity index (χ0) is 13.9. The van der Waals surface area contributed by atoms with Crippen LogP contribution in [0.25, 0.3) is 0 Å². The van der Waals surface area contributed by atoms with Crippen LogP contribution >= 0.6 is 0 Å². The van der Waals surface area contributed by atoms with Gasteiger partial charge in [-0.3, -0.25) is 0 Å². The number of ether oxygens (including phenoxy) is 1. The highest BCUT2D eigenvalue weighted by Gasteiger charge is 2.29. The van der Waals surface area contributed by atoms with Crippen molar-refractivity contribution in [2.75, 3.05) is 19.8 Å². The Morgan fingerprint density at radius 1 is 1.16 bits per heavy atom. The van der Waals surface area contributed by atoms with Crippen molar-refractivity contribution in [1.29, 1.82) is 0 Å². The van der Waals surface area contributed by atoms with Gasteiger partial charge in [0.15, 0.2) is 0 Å². The maximum absolute atomic E-state index is 12.2. The molecule has 2 aliphatic rings. The summed E-state index contributed by atoms with van der Waals surface area (Å²) in [5.41, 5.74) is 0. The minimum Gasteiger partial charge on any atom is -0.381 e. The molecule has 2 fully saturated rings. The fourth-order valence-corrected chi connectivity index (χ4v) is 3.68. The molecule has 2 unspecified atom stereocenters. The molecule has 1 aliphatic heterocycles. The fraction of sp³-hybridized carbons (Fsp3) is 1.00. The molecule has 2 rings (SSSR count). The van der Waals surface area contributed by atoms with Crippen LogP contribution < -0.4 is 10.0 Å². The minimum absolute atomic E-state index is 0.00252. The average molecular weight is 290 g/mol. The molecule has 0 aromatic rings. The molecule has 1 saturated carbocycles. The predicted octanol–water partition coefficient (Wildman–Crippen LogP) is 0.861. The summed E-state index contributed by atoms with van der Waals surface area (Å²) in [5, 5.41) is 2.90. The number of sulfonamides is 1. The molecule has 112 valence electrons. The molecule has 0 bridgehead atoms. The second kappa shape index (κ2) is 6.52. The Labute approximate surface area is 116 Å². The van der Waals surface area contributed by atoms with Crippen molar-refractivity contribution in [3.05, 3.63) is 0 Å². The summed E-state index contributed by atoms with van der Waals surface area (Å²) in [6.45, 7) is 5.77. The number of rotatable bonds is 7. The van der Waals surface area contributed by atoms with Gasteiger partial charge in [0, 0.05) is 31.8 Å². The Kier molecular flexibility index (Phi) is 5.22. The molecular weight excluding hydrogens is 264 g/mol. The van der Waals surface area contributed by atoms with E-state index in [-0.39, 0.29) is 11.3 Å². The summed E-state index contributed by atoms with van der Waals surface area (Å²) in [4.78, 5) is 0. The zero-order valence-electron chi connectivity index (χ0n) is 11.9. The molecule has 0 amide bonds. The molecule has 0 aromatic carbocycles. The van der Waals surface area contributed by atoms with E-state index in [1.807, 2.05) is 6.92 Å². The van der Waals surface area contributed by atoms with Crippen LogP contribution in [0.1, 0.15) is 39.5 Å². The molecule has 6 heteroatoms. The van der Waals surface area contributed by atoms with Crippen molar-refractivity contribution >= 4 is 10.0 Å². The summed E-state index contributed by atoms with van der Waals surface area (Å²) in [7, 11) is -3.23. The highest BCUT2D eigenvalue weighted by atomic mass is 32.2. The largest absolute Gasteiger partial charge is 0.381 e. The van der Waals surface area contributed by atoms with Gasteiger partial charge in [0.25, 0.3) is 0 Å². The van der Waals surface area contributed by atoms with E-state index in [2.05, 4.69) is 10.0 Å². The molecule has 19 heavy (non-hydrogen) atoms. The van der Waals surface area contributed by atoms with Crippen LogP contribution in [0.5, 0.6) is 0 Å². The smallest absolute Gasteiger partial charge is 0.215 e. The number of nitrogens with one attached hydrogen (secondary N) is 2. The van der Waals surface area contributed by atoms with Crippen LogP contribution in [0, 0.1) is 5.92 Å². The SMILES string of the molecule is CC(NS(=O)(=O)C(C)CNC1CC1)C1CCOCC1. The Morgan fingerprint density at radius 3 is 2.37 bits per heavy atom. The van der Waals surface area contributed by atoms with Crippen molar-refractivity contribution in [2.45, 2.75) is 56.9 Å². The lowest BCUT2D eigenvalue weighted by Crippen LogP contribution is -2.46. The van der Waals surface area contributed by atoms with E-state index in [0.29, 0.717) is 18.5 Å². The zero-order valence-corrected chi connectivity index (χ0v) is 12.7. The molecule has 2 N–H and O–H groups in total. The van der Waals surface area contributed by atoms with Crippen LogP contribution in [-0.4, -0.2) is 45.5 Å². The monoisotopic (exact) mass is 290 g/mol. The van der Waals surface area contributed by atoms with Crippen molar-refractivity contribution < 1.29 is 13.2 Å². The predicted molar refractivity (Wildman–Crippen MR) is 75.5 cm³/mol. The quantitative estimate of drug-likeness (QED) is 0.730. The molecule has 0 radical (unpaired) electrons. The lowest BCUT2D eigenvalue weighted by atomic mass is 9.94. The molecule has 5 nitrogen and oxygen atoms in total. The summed E-state index contributed by atoms with van der Waals surface area (Å²) in [5.74, 6) is 0.395. The lowest BCUT2D eigenvalue weighted by Gasteiger charge is -2.29. The van der Waals surface area contributed by atoms with Gasteiger partial charge in [-0.15, -0.1) is 0 Å². The third kappa shape index (κ3) is 4.70. The third-order valence-corrected chi connectivity index (χ3v) is 6.05. The molecule has 1 aliphatic carbocycles. The second-order valence-electron chi connectivity index (χ2n) is 5.89. The third-order valence-electron chi connectivity index (χ3n) is 4.12. The van der Waals surface area contributed by atoms with Gasteiger partial charge in [-0.25, -0.2) is 13.1 Å². The molecule has 2 atom stereocenters. The van der Waals surface area contributed by atoms with Gasteiger partial charge < -0.3 is 10.1 Å². The summed E-state index contributed by atoms with van der Waals surface area (Å²) in [6.07, 6.45) is 4.24. The van der Waals surface area contributed by atoms with Gasteiger partial charge in [0.05, 0.1) is 5.25 Å². The van der Waals surface area contributed by atoms with Crippen LogP contribution in [0.4, 0.5) is 0 Å². The fourth-order valence-electron chi connectivity index (χ4n) is 2.42. The van der Waals surface area contributed by atoms with Crippen LogP contribution in [0.3, 0.4) is 0 Å². The normalized spacial score (nSPS) is 25.2. The van der Waals surface area contributed by atoms with Crippen molar-refractivity contribution in [2.24, 2.45) is 5.92 Å². The van der Waals surface area contributed by atoms with Gasteiger partial charge >= 0.3 is 0 Å². The first-order valence-electron chi connectivity index (χ1n) is 7.31. The lowest BCUT2D eigenvalue weighted by molar-refractivity contribution is 0.0585. The van der Waals surface area contributed by atoms with E-state index in [9.17, 15) is 8.42 Å². The van der Waals surface area contributed by atoms with E-state index >= 15 is 0 Å². The van der Waals surface area contributed by atoms with Crippen molar-refractivity contribution in [1.82, 2.24) is 10.0 Å². The van der Waals surface area contributed by atoms with Crippen molar-refractivity contribution in [3.63, 3.8) is 0 Å². The van der Waals surface area contributed by atoms with Gasteiger partial charge in [-0.1, -0.05) is 0 Å². The van der Waals surface area contributed by atoms with Crippen LogP contribution in [0.2, 0.25) is 0 Å². The maximum atomic E-state index is 12.2. The standard InChI is InChI=1S/C13H26N2O3S/c1-10(9-14-13-3-4-13)19(16,17)15-11(2)12-5-7-18-8-6-12/h10-15H,3-9H2,1-2H3. The summed E-state index contributed by atoms with van der Waals surface area (Å²) >= 11 is 0. The van der Waals surface area contributed by atoms with E-state index in [1.165, 1.54) is 12.8 Å². The Balaban J connectivity index is 1.80. The number of hydrogen-bond donors (Lipinski definition) is 2. The first kappa shape index (κ1) is 15.2. The van der Waals surface area contributed by atoms with E-state index in [1.54, 1.807) is 6.92 Å². The topological polar surface area (TPSA) is 67.4 Å². The Hall–Kier alpha value is -0.170. The molecular formula is C13H26N2O3S. The Bertz CT molecular complexity index is 375. The molecule has 1 saturated heterocycles. The van der Waals surface area contributed by atoms with Gasteiger partial charge in [0.2, 0.25) is 10.0 Å². The summed E-state index contributed by atoms with van der Waals surface area (Å²) < 4.78 is 32.6. The highest BCUT2D eigenvalue weighted by molar-refractivity contribution is 7.90. The van der Waals surface area contributed by atoms with E-state index in [0.717, 1.165) is 26.1 Å². The van der Waals surface area contributed by atoms with Crippen LogP contribution in [0.15, 0.2) is 0 Å². The maximum Gasteiger partial charge on any atom is 0.215 e. The first-order chi connectivity index (χ1) is 8.99. The van der Waals surface area contributed by atoms with Crippen LogP contribution in [-0.2, 0) is 14.8 Å². The molecule has 1 heterocycles.